The molecule has 2 aromatic rings. The van der Waals surface area contributed by atoms with Gasteiger partial charge in [0.1, 0.15) is 6.04 Å². The number of nitrogens with one attached hydrogen (secondary N) is 1. The quantitative estimate of drug-likeness (QED) is 0.829. The molecule has 0 heterocycles. The topological polar surface area (TPSA) is 66.5 Å². The summed E-state index contributed by atoms with van der Waals surface area (Å²) in [5.41, 5.74) is 4.26. The van der Waals surface area contributed by atoms with Gasteiger partial charge in [0.05, 0.1) is 18.0 Å². The maximum absolute atomic E-state index is 12.8. The van der Waals surface area contributed by atoms with Crippen LogP contribution in [0.1, 0.15) is 43.0 Å². The number of nitrogens with zero attached hydrogens (tertiary/aromatic N) is 1. The molecule has 144 valence electrons. The van der Waals surface area contributed by atoms with Gasteiger partial charge in [-0.25, -0.2) is 8.42 Å². The highest BCUT2D eigenvalue weighted by Crippen LogP contribution is 2.26. The monoisotopic (exact) mass is 386 g/mol. The summed E-state index contributed by atoms with van der Waals surface area (Å²) >= 11 is 0. The predicted octanol–water partition coefficient (Wildman–Crippen LogP) is 3.21. The Kier molecular flexibility index (Phi) is 5.56. The second-order valence-corrected chi connectivity index (χ2v) is 9.04. The Balaban J connectivity index is 1.77. The van der Waals surface area contributed by atoms with Crippen molar-refractivity contribution in [3.8, 4) is 0 Å². The standard InChI is InChI=1S/C21H26N2O3S/c1-15(18-13-12-17-8-7-9-19(17)14-18)22-21(24)16(2)23(27(3,25)26)20-10-5-4-6-11-20/h4-6,10-16H,7-9H2,1-3H3,(H,22,24)/t15-,16+/m0/s1. The number of hydrogen-bond acceptors (Lipinski definition) is 3. The fraction of sp³-hybridized carbons (Fsp3) is 0.381. The van der Waals surface area contributed by atoms with Crippen molar-refractivity contribution >= 4 is 21.6 Å². The average molecular weight is 387 g/mol. The molecule has 0 unspecified atom stereocenters. The summed E-state index contributed by atoms with van der Waals surface area (Å²) in [6.45, 7) is 3.54. The molecule has 0 bridgehead atoms. The highest BCUT2D eigenvalue weighted by molar-refractivity contribution is 7.92. The lowest BCUT2D eigenvalue weighted by Crippen LogP contribution is -2.48. The van der Waals surface area contributed by atoms with Crippen LogP contribution in [0.2, 0.25) is 0 Å². The van der Waals surface area contributed by atoms with Gasteiger partial charge in [0.25, 0.3) is 0 Å². The van der Waals surface area contributed by atoms with Gasteiger partial charge in [-0.1, -0.05) is 36.4 Å². The van der Waals surface area contributed by atoms with E-state index in [2.05, 4.69) is 17.4 Å². The van der Waals surface area contributed by atoms with Crippen LogP contribution in [0.4, 0.5) is 5.69 Å². The second-order valence-electron chi connectivity index (χ2n) is 7.18. The number of para-hydroxylation sites is 1. The van der Waals surface area contributed by atoms with E-state index in [1.165, 1.54) is 17.5 Å². The third kappa shape index (κ3) is 4.33. The van der Waals surface area contributed by atoms with Crippen LogP contribution in [0.3, 0.4) is 0 Å². The van der Waals surface area contributed by atoms with Gasteiger partial charge >= 0.3 is 0 Å². The average Bonchev–Trinajstić information content (AvgIpc) is 3.09. The van der Waals surface area contributed by atoms with Crippen molar-refractivity contribution in [3.05, 3.63) is 65.2 Å². The van der Waals surface area contributed by atoms with Crippen LogP contribution in [0.15, 0.2) is 48.5 Å². The van der Waals surface area contributed by atoms with Gasteiger partial charge in [0.15, 0.2) is 0 Å². The number of benzene rings is 2. The summed E-state index contributed by atoms with van der Waals surface area (Å²) in [5.74, 6) is -0.322. The zero-order valence-corrected chi connectivity index (χ0v) is 16.8. The normalized spacial score (nSPS) is 15.7. The number of aryl methyl sites for hydroxylation is 2. The first-order valence-corrected chi connectivity index (χ1v) is 11.1. The van der Waals surface area contributed by atoms with Gasteiger partial charge in [-0.15, -0.1) is 0 Å². The number of carbonyl (C=O) groups is 1. The molecule has 2 aromatic carbocycles. The zero-order valence-electron chi connectivity index (χ0n) is 16.0. The lowest BCUT2D eigenvalue weighted by molar-refractivity contribution is -0.122. The molecule has 0 aromatic heterocycles. The van der Waals surface area contributed by atoms with E-state index in [-0.39, 0.29) is 11.9 Å². The van der Waals surface area contributed by atoms with Gasteiger partial charge in [0.2, 0.25) is 15.9 Å². The van der Waals surface area contributed by atoms with Crippen LogP contribution in [0.5, 0.6) is 0 Å². The van der Waals surface area contributed by atoms with Crippen LogP contribution in [-0.4, -0.2) is 26.6 Å². The third-order valence-electron chi connectivity index (χ3n) is 5.08. The fourth-order valence-electron chi connectivity index (χ4n) is 3.66. The van der Waals surface area contributed by atoms with Crippen molar-refractivity contribution < 1.29 is 13.2 Å². The van der Waals surface area contributed by atoms with Crippen LogP contribution in [0, 0.1) is 0 Å². The van der Waals surface area contributed by atoms with E-state index in [9.17, 15) is 13.2 Å². The van der Waals surface area contributed by atoms with Crippen molar-refractivity contribution in [2.24, 2.45) is 0 Å². The smallest absolute Gasteiger partial charge is 0.244 e. The Labute approximate surface area is 161 Å². The summed E-state index contributed by atoms with van der Waals surface area (Å²) in [5, 5.41) is 2.96. The molecular formula is C21H26N2O3S. The Bertz CT molecular complexity index is 926. The Morgan fingerprint density at radius 3 is 2.37 bits per heavy atom. The number of fused-ring (bicyclic) bond motifs is 1. The molecule has 27 heavy (non-hydrogen) atoms. The Hall–Kier alpha value is -2.34. The summed E-state index contributed by atoms with van der Waals surface area (Å²) in [6, 6.07) is 14.0. The molecule has 0 saturated carbocycles. The Morgan fingerprint density at radius 2 is 1.70 bits per heavy atom. The van der Waals surface area contributed by atoms with Crippen molar-refractivity contribution in [3.63, 3.8) is 0 Å². The van der Waals surface area contributed by atoms with Crippen LogP contribution >= 0.6 is 0 Å². The van der Waals surface area contributed by atoms with E-state index >= 15 is 0 Å². The summed E-state index contributed by atoms with van der Waals surface area (Å²) < 4.78 is 25.8. The minimum absolute atomic E-state index is 0.192. The van der Waals surface area contributed by atoms with Crippen molar-refractivity contribution in [2.75, 3.05) is 10.6 Å². The Morgan fingerprint density at radius 1 is 1.04 bits per heavy atom. The molecule has 1 N–H and O–H groups in total. The number of carbonyl (C=O) groups excluding carboxylic acids is 1. The van der Waals surface area contributed by atoms with Crippen LogP contribution < -0.4 is 9.62 Å². The van der Waals surface area contributed by atoms with Crippen molar-refractivity contribution in [2.45, 2.75) is 45.2 Å². The maximum atomic E-state index is 12.8. The second kappa shape index (κ2) is 7.72. The SMILES string of the molecule is C[C@H](NC(=O)[C@@H](C)N(c1ccccc1)S(C)(=O)=O)c1ccc2c(c1)CCC2. The maximum Gasteiger partial charge on any atom is 0.244 e. The lowest BCUT2D eigenvalue weighted by Gasteiger charge is -2.29. The lowest BCUT2D eigenvalue weighted by atomic mass is 10.0. The van der Waals surface area contributed by atoms with E-state index < -0.39 is 16.1 Å². The molecule has 0 fully saturated rings. The molecule has 0 aliphatic heterocycles. The molecule has 6 heteroatoms. The molecule has 2 atom stereocenters. The van der Waals surface area contributed by atoms with Gasteiger partial charge in [-0.05, 0) is 61.9 Å². The number of amides is 1. The molecule has 1 amide bonds. The first kappa shape index (κ1) is 19.4. The van der Waals surface area contributed by atoms with E-state index in [0.29, 0.717) is 5.69 Å². The predicted molar refractivity (Wildman–Crippen MR) is 108 cm³/mol. The van der Waals surface area contributed by atoms with Crippen molar-refractivity contribution in [1.29, 1.82) is 0 Å². The molecule has 1 aliphatic carbocycles. The van der Waals surface area contributed by atoms with Gasteiger partial charge in [-0.2, -0.15) is 0 Å². The highest BCUT2D eigenvalue weighted by Gasteiger charge is 2.29. The van der Waals surface area contributed by atoms with E-state index in [4.69, 9.17) is 0 Å². The molecule has 0 radical (unpaired) electrons. The number of hydrogen-bond donors (Lipinski definition) is 1. The summed E-state index contributed by atoms with van der Waals surface area (Å²) in [7, 11) is -3.60. The molecule has 5 nitrogen and oxygen atoms in total. The minimum atomic E-state index is -3.60. The first-order chi connectivity index (χ1) is 12.8. The zero-order chi connectivity index (χ0) is 19.6. The van der Waals surface area contributed by atoms with Gasteiger partial charge in [0, 0.05) is 0 Å². The molecular weight excluding hydrogens is 360 g/mol. The van der Waals surface area contributed by atoms with E-state index in [1.807, 2.05) is 19.1 Å². The molecule has 0 saturated heterocycles. The van der Waals surface area contributed by atoms with E-state index in [1.54, 1.807) is 31.2 Å². The van der Waals surface area contributed by atoms with Crippen LogP contribution in [-0.2, 0) is 27.7 Å². The van der Waals surface area contributed by atoms with Gasteiger partial charge < -0.3 is 5.32 Å². The summed E-state index contributed by atoms with van der Waals surface area (Å²) in [6.07, 6.45) is 4.49. The summed E-state index contributed by atoms with van der Waals surface area (Å²) in [4.78, 5) is 12.8. The molecule has 3 rings (SSSR count). The number of rotatable bonds is 6. The number of sulfonamides is 1. The molecule has 1 aliphatic rings. The highest BCUT2D eigenvalue weighted by atomic mass is 32.2. The largest absolute Gasteiger partial charge is 0.348 e. The van der Waals surface area contributed by atoms with Gasteiger partial charge in [-0.3, -0.25) is 9.10 Å². The minimum Gasteiger partial charge on any atom is -0.348 e. The number of anilines is 1. The van der Waals surface area contributed by atoms with E-state index in [0.717, 1.165) is 29.0 Å². The third-order valence-corrected chi connectivity index (χ3v) is 6.32. The fourth-order valence-corrected chi connectivity index (χ4v) is 4.84. The molecule has 0 spiro atoms. The first-order valence-electron chi connectivity index (χ1n) is 9.24. The van der Waals surface area contributed by atoms with Crippen LogP contribution in [0.25, 0.3) is 0 Å². The van der Waals surface area contributed by atoms with Crippen molar-refractivity contribution in [1.82, 2.24) is 5.32 Å².